The van der Waals surface area contributed by atoms with E-state index in [9.17, 15) is 8.42 Å². The summed E-state index contributed by atoms with van der Waals surface area (Å²) in [6.45, 7) is 1.23. The van der Waals surface area contributed by atoms with Gasteiger partial charge in [-0.1, -0.05) is 24.3 Å². The number of nitrogens with two attached hydrogens (primary N) is 2. The van der Waals surface area contributed by atoms with E-state index in [1.807, 2.05) is 30.1 Å². The fourth-order valence-electron chi connectivity index (χ4n) is 2.11. The SMILES string of the molecule is CN(Cc1cccc(CN)c1)c1ccc(S(N)(=O)=O)cc1. The molecule has 0 aromatic heterocycles. The van der Waals surface area contributed by atoms with E-state index in [1.54, 1.807) is 12.1 Å². The summed E-state index contributed by atoms with van der Waals surface area (Å²) in [5.74, 6) is 0. The lowest BCUT2D eigenvalue weighted by molar-refractivity contribution is 0.598. The fourth-order valence-corrected chi connectivity index (χ4v) is 2.63. The van der Waals surface area contributed by atoms with Gasteiger partial charge in [0, 0.05) is 25.8 Å². The lowest BCUT2D eigenvalue weighted by Gasteiger charge is -2.20. The van der Waals surface area contributed by atoms with E-state index in [0.29, 0.717) is 13.1 Å². The summed E-state index contributed by atoms with van der Waals surface area (Å²) < 4.78 is 22.5. The molecule has 0 heterocycles. The Kier molecular flexibility index (Phi) is 4.62. The average molecular weight is 305 g/mol. The molecule has 0 saturated carbocycles. The van der Waals surface area contributed by atoms with Gasteiger partial charge < -0.3 is 10.6 Å². The van der Waals surface area contributed by atoms with Crippen LogP contribution in [0.3, 0.4) is 0 Å². The molecule has 0 unspecified atom stereocenters. The quantitative estimate of drug-likeness (QED) is 0.874. The topological polar surface area (TPSA) is 89.4 Å². The average Bonchev–Trinajstić information content (AvgIpc) is 2.46. The smallest absolute Gasteiger partial charge is 0.238 e. The van der Waals surface area contributed by atoms with E-state index in [2.05, 4.69) is 6.07 Å². The van der Waals surface area contributed by atoms with Crippen molar-refractivity contribution < 1.29 is 8.42 Å². The van der Waals surface area contributed by atoms with E-state index >= 15 is 0 Å². The maximum atomic E-state index is 11.2. The number of hydrogen-bond acceptors (Lipinski definition) is 4. The Balaban J connectivity index is 2.14. The molecule has 0 aliphatic rings. The minimum Gasteiger partial charge on any atom is -0.370 e. The second-order valence-corrected chi connectivity index (χ2v) is 6.48. The molecule has 4 N–H and O–H groups in total. The van der Waals surface area contributed by atoms with Gasteiger partial charge >= 0.3 is 0 Å². The van der Waals surface area contributed by atoms with Gasteiger partial charge in [-0.3, -0.25) is 0 Å². The van der Waals surface area contributed by atoms with Crippen LogP contribution >= 0.6 is 0 Å². The highest BCUT2D eigenvalue weighted by Crippen LogP contribution is 2.18. The lowest BCUT2D eigenvalue weighted by atomic mass is 10.1. The van der Waals surface area contributed by atoms with Gasteiger partial charge in [-0.15, -0.1) is 0 Å². The van der Waals surface area contributed by atoms with Crippen molar-refractivity contribution in [2.45, 2.75) is 18.0 Å². The van der Waals surface area contributed by atoms with Crippen molar-refractivity contribution in [2.24, 2.45) is 10.9 Å². The van der Waals surface area contributed by atoms with Crippen molar-refractivity contribution >= 4 is 15.7 Å². The van der Waals surface area contributed by atoms with E-state index < -0.39 is 10.0 Å². The van der Waals surface area contributed by atoms with Gasteiger partial charge in [0.25, 0.3) is 0 Å². The summed E-state index contributed by atoms with van der Waals surface area (Å²) >= 11 is 0. The zero-order valence-electron chi connectivity index (χ0n) is 11.9. The molecule has 2 rings (SSSR count). The highest BCUT2D eigenvalue weighted by Gasteiger charge is 2.08. The third kappa shape index (κ3) is 4.04. The minimum atomic E-state index is -3.65. The molecular formula is C15H19N3O2S. The summed E-state index contributed by atoms with van der Waals surface area (Å²) in [5, 5.41) is 5.09. The molecule has 0 radical (unpaired) electrons. The number of nitrogens with zero attached hydrogens (tertiary/aromatic N) is 1. The normalized spacial score (nSPS) is 11.4. The standard InChI is InChI=1S/C15H19N3O2S/c1-18(11-13-4-2-3-12(9-13)10-16)14-5-7-15(8-6-14)21(17,19)20/h2-9H,10-11,16H2,1H3,(H2,17,19,20). The van der Waals surface area contributed by atoms with Crippen LogP contribution in [0.4, 0.5) is 5.69 Å². The highest BCUT2D eigenvalue weighted by atomic mass is 32.2. The Bertz CT molecular complexity index is 712. The van der Waals surface area contributed by atoms with Gasteiger partial charge in [0.1, 0.15) is 0 Å². The van der Waals surface area contributed by atoms with Crippen LogP contribution in [-0.4, -0.2) is 15.5 Å². The van der Waals surface area contributed by atoms with Crippen molar-refractivity contribution in [3.05, 3.63) is 59.7 Å². The predicted molar refractivity (Wildman–Crippen MR) is 84.3 cm³/mol. The number of benzene rings is 2. The number of primary sulfonamides is 1. The van der Waals surface area contributed by atoms with E-state index in [-0.39, 0.29) is 4.90 Å². The van der Waals surface area contributed by atoms with Crippen LogP contribution in [0.2, 0.25) is 0 Å². The van der Waals surface area contributed by atoms with Crippen LogP contribution in [0, 0.1) is 0 Å². The Morgan fingerprint density at radius 2 is 1.67 bits per heavy atom. The molecule has 0 bridgehead atoms. The van der Waals surface area contributed by atoms with Gasteiger partial charge in [-0.05, 0) is 35.4 Å². The molecule has 5 nitrogen and oxygen atoms in total. The maximum Gasteiger partial charge on any atom is 0.238 e. The molecule has 0 atom stereocenters. The monoisotopic (exact) mass is 305 g/mol. The van der Waals surface area contributed by atoms with Crippen LogP contribution in [0.1, 0.15) is 11.1 Å². The van der Waals surface area contributed by atoms with E-state index in [4.69, 9.17) is 10.9 Å². The second-order valence-electron chi connectivity index (χ2n) is 4.92. The summed E-state index contributed by atoms with van der Waals surface area (Å²) in [4.78, 5) is 2.15. The summed E-state index contributed by atoms with van der Waals surface area (Å²) in [7, 11) is -1.70. The lowest BCUT2D eigenvalue weighted by Crippen LogP contribution is -2.17. The Labute approximate surface area is 125 Å². The van der Waals surface area contributed by atoms with Crippen LogP contribution < -0.4 is 15.8 Å². The summed E-state index contributed by atoms with van der Waals surface area (Å²) in [5.41, 5.74) is 8.79. The van der Waals surface area contributed by atoms with Crippen molar-refractivity contribution in [2.75, 3.05) is 11.9 Å². The van der Waals surface area contributed by atoms with Crippen LogP contribution in [0.15, 0.2) is 53.4 Å². The Morgan fingerprint density at radius 3 is 2.24 bits per heavy atom. The minimum absolute atomic E-state index is 0.116. The van der Waals surface area contributed by atoms with Gasteiger partial charge in [-0.25, -0.2) is 13.6 Å². The molecule has 21 heavy (non-hydrogen) atoms. The first kappa shape index (κ1) is 15.5. The number of anilines is 1. The molecule has 6 heteroatoms. The molecule has 112 valence electrons. The zero-order chi connectivity index (χ0) is 15.5. The zero-order valence-corrected chi connectivity index (χ0v) is 12.7. The van der Waals surface area contributed by atoms with Crippen LogP contribution in [-0.2, 0) is 23.1 Å². The highest BCUT2D eigenvalue weighted by molar-refractivity contribution is 7.89. The van der Waals surface area contributed by atoms with E-state index in [1.165, 1.54) is 12.1 Å². The third-order valence-electron chi connectivity index (χ3n) is 3.25. The first-order valence-corrected chi connectivity index (χ1v) is 8.06. The molecule has 0 saturated heterocycles. The number of hydrogen-bond donors (Lipinski definition) is 2. The maximum absolute atomic E-state index is 11.2. The van der Waals surface area contributed by atoms with Crippen LogP contribution in [0.5, 0.6) is 0 Å². The Morgan fingerprint density at radius 1 is 1.05 bits per heavy atom. The van der Waals surface area contributed by atoms with Gasteiger partial charge in [0.05, 0.1) is 4.90 Å². The molecule has 0 aliphatic carbocycles. The molecular weight excluding hydrogens is 286 g/mol. The molecule has 2 aromatic carbocycles. The third-order valence-corrected chi connectivity index (χ3v) is 4.18. The first-order chi connectivity index (χ1) is 9.90. The number of rotatable bonds is 5. The summed E-state index contributed by atoms with van der Waals surface area (Å²) in [6.07, 6.45) is 0. The molecule has 2 aromatic rings. The van der Waals surface area contributed by atoms with Crippen LogP contribution in [0.25, 0.3) is 0 Å². The largest absolute Gasteiger partial charge is 0.370 e. The van der Waals surface area contributed by atoms with Crippen molar-refractivity contribution in [1.82, 2.24) is 0 Å². The number of sulfonamides is 1. The Hall–Kier alpha value is -1.89. The van der Waals surface area contributed by atoms with E-state index in [0.717, 1.165) is 16.8 Å². The fraction of sp³-hybridized carbons (Fsp3) is 0.200. The van der Waals surface area contributed by atoms with Crippen molar-refractivity contribution in [1.29, 1.82) is 0 Å². The van der Waals surface area contributed by atoms with Crippen molar-refractivity contribution in [3.63, 3.8) is 0 Å². The molecule has 0 amide bonds. The van der Waals surface area contributed by atoms with Gasteiger partial charge in [-0.2, -0.15) is 0 Å². The van der Waals surface area contributed by atoms with Gasteiger partial charge in [0.2, 0.25) is 10.0 Å². The van der Waals surface area contributed by atoms with Crippen molar-refractivity contribution in [3.8, 4) is 0 Å². The molecule has 0 aliphatic heterocycles. The second kappa shape index (κ2) is 6.26. The summed E-state index contributed by atoms with van der Waals surface area (Å²) in [6, 6.07) is 14.6. The molecule has 0 spiro atoms. The first-order valence-electron chi connectivity index (χ1n) is 6.52. The van der Waals surface area contributed by atoms with Gasteiger partial charge in [0.15, 0.2) is 0 Å². The predicted octanol–water partition coefficient (Wildman–Crippen LogP) is 1.43. The molecule has 0 fully saturated rings.